The molecule has 0 aromatic heterocycles. The number of carboxylic acids is 1. The summed E-state index contributed by atoms with van der Waals surface area (Å²) in [6.45, 7) is 0. The average molecular weight is 235 g/mol. The van der Waals surface area contributed by atoms with E-state index in [2.05, 4.69) is 4.90 Å². The maximum Gasteiger partial charge on any atom is 0.306 e. The van der Waals surface area contributed by atoms with Crippen LogP contribution in [0.25, 0.3) is 0 Å². The molecule has 0 radical (unpaired) electrons. The number of ether oxygens (including phenoxy) is 1. The molecule has 4 heteroatoms. The van der Waals surface area contributed by atoms with Gasteiger partial charge in [-0.15, -0.1) is 0 Å². The van der Waals surface area contributed by atoms with Crippen LogP contribution in [0, 0.1) is 5.92 Å². The fourth-order valence-electron chi connectivity index (χ4n) is 2.15. The second kappa shape index (κ2) is 4.65. The molecular formula is C13H17NO3. The van der Waals surface area contributed by atoms with Crippen molar-refractivity contribution in [3.05, 3.63) is 24.3 Å². The Kier molecular flexibility index (Phi) is 3.22. The number of rotatable bonds is 4. The summed E-state index contributed by atoms with van der Waals surface area (Å²) in [7, 11) is 3.64. The van der Waals surface area contributed by atoms with Crippen molar-refractivity contribution in [2.75, 3.05) is 19.1 Å². The molecule has 0 spiro atoms. The first kappa shape index (κ1) is 11.8. The van der Waals surface area contributed by atoms with Gasteiger partial charge in [-0.2, -0.15) is 0 Å². The topological polar surface area (TPSA) is 49.8 Å². The number of carboxylic acid groups (broad SMARTS) is 1. The highest BCUT2D eigenvalue weighted by molar-refractivity contribution is 5.71. The van der Waals surface area contributed by atoms with Crippen LogP contribution in [0.4, 0.5) is 5.69 Å². The van der Waals surface area contributed by atoms with Gasteiger partial charge in [0.15, 0.2) is 0 Å². The maximum atomic E-state index is 10.7. The molecule has 92 valence electrons. The third-order valence-electron chi connectivity index (χ3n) is 3.47. The Morgan fingerprint density at radius 3 is 2.76 bits per heavy atom. The van der Waals surface area contributed by atoms with Gasteiger partial charge in [-0.05, 0) is 25.0 Å². The van der Waals surface area contributed by atoms with Crippen LogP contribution in [0.3, 0.4) is 0 Å². The number of methoxy groups -OCH3 is 1. The zero-order chi connectivity index (χ0) is 12.4. The van der Waals surface area contributed by atoms with E-state index in [9.17, 15) is 4.79 Å². The van der Waals surface area contributed by atoms with E-state index in [1.807, 2.05) is 31.3 Å². The lowest BCUT2D eigenvalue weighted by atomic mass is 9.79. The zero-order valence-electron chi connectivity index (χ0n) is 10.1. The van der Waals surface area contributed by atoms with Gasteiger partial charge in [0.1, 0.15) is 5.75 Å². The van der Waals surface area contributed by atoms with Gasteiger partial charge in [-0.3, -0.25) is 4.79 Å². The van der Waals surface area contributed by atoms with Crippen LogP contribution < -0.4 is 9.64 Å². The van der Waals surface area contributed by atoms with Crippen LogP contribution in [0.1, 0.15) is 12.8 Å². The third-order valence-corrected chi connectivity index (χ3v) is 3.47. The number of carbonyl (C=O) groups is 1. The molecular weight excluding hydrogens is 218 g/mol. The lowest BCUT2D eigenvalue weighted by molar-refractivity contribution is -0.145. The fraction of sp³-hybridized carbons (Fsp3) is 0.462. The van der Waals surface area contributed by atoms with Crippen molar-refractivity contribution in [1.82, 2.24) is 0 Å². The maximum absolute atomic E-state index is 10.7. The minimum atomic E-state index is -0.680. The Bertz CT molecular complexity index is 413. The Hall–Kier alpha value is -1.71. The third kappa shape index (κ3) is 2.35. The van der Waals surface area contributed by atoms with Crippen LogP contribution in [0.15, 0.2) is 24.3 Å². The largest absolute Gasteiger partial charge is 0.497 e. The van der Waals surface area contributed by atoms with Crippen LogP contribution in [0.2, 0.25) is 0 Å². The quantitative estimate of drug-likeness (QED) is 0.867. The lowest BCUT2D eigenvalue weighted by Crippen LogP contribution is -2.45. The van der Waals surface area contributed by atoms with E-state index in [4.69, 9.17) is 9.84 Å². The monoisotopic (exact) mass is 235 g/mol. The van der Waals surface area contributed by atoms with Crippen molar-refractivity contribution in [1.29, 1.82) is 0 Å². The van der Waals surface area contributed by atoms with Gasteiger partial charge in [-0.1, -0.05) is 6.07 Å². The molecule has 0 aliphatic heterocycles. The first-order chi connectivity index (χ1) is 8.11. The first-order valence-electron chi connectivity index (χ1n) is 5.71. The van der Waals surface area contributed by atoms with Crippen molar-refractivity contribution in [3.63, 3.8) is 0 Å². The Balaban J connectivity index is 2.01. The molecule has 1 aromatic rings. The summed E-state index contributed by atoms with van der Waals surface area (Å²) >= 11 is 0. The van der Waals surface area contributed by atoms with E-state index in [1.165, 1.54) is 0 Å². The second-order valence-corrected chi connectivity index (χ2v) is 4.47. The molecule has 0 amide bonds. The molecule has 0 atom stereocenters. The van der Waals surface area contributed by atoms with Gasteiger partial charge < -0.3 is 14.7 Å². The molecule has 1 aliphatic rings. The van der Waals surface area contributed by atoms with Crippen molar-refractivity contribution >= 4 is 11.7 Å². The summed E-state index contributed by atoms with van der Waals surface area (Å²) in [6.07, 6.45) is 1.45. The predicted octanol–water partition coefficient (Wildman–Crippen LogP) is 1.99. The Labute approximate surface area is 101 Å². The van der Waals surface area contributed by atoms with Gasteiger partial charge in [0.2, 0.25) is 0 Å². The Morgan fingerprint density at radius 1 is 1.47 bits per heavy atom. The van der Waals surface area contributed by atoms with E-state index < -0.39 is 5.97 Å². The second-order valence-electron chi connectivity index (χ2n) is 4.47. The highest BCUT2D eigenvalue weighted by atomic mass is 16.5. The standard InChI is InChI=1S/C13H17NO3/c1-14(11-6-9(7-11)13(15)16)10-4-3-5-12(8-10)17-2/h3-5,8-9,11H,6-7H2,1-2H3,(H,15,16). The average Bonchev–Trinajstić information content (AvgIpc) is 2.26. The summed E-state index contributed by atoms with van der Waals surface area (Å²) in [5.41, 5.74) is 1.07. The van der Waals surface area contributed by atoms with Crippen LogP contribution in [-0.4, -0.2) is 31.3 Å². The van der Waals surface area contributed by atoms with E-state index in [0.717, 1.165) is 24.3 Å². The van der Waals surface area contributed by atoms with Gasteiger partial charge in [0.05, 0.1) is 13.0 Å². The summed E-state index contributed by atoms with van der Waals surface area (Å²) in [4.78, 5) is 12.9. The van der Waals surface area contributed by atoms with Gasteiger partial charge in [0, 0.05) is 24.8 Å². The van der Waals surface area contributed by atoms with Gasteiger partial charge in [0.25, 0.3) is 0 Å². The molecule has 4 nitrogen and oxygen atoms in total. The fourth-order valence-corrected chi connectivity index (χ4v) is 2.15. The SMILES string of the molecule is COc1cccc(N(C)C2CC(C(=O)O)C2)c1. The van der Waals surface area contributed by atoms with E-state index in [-0.39, 0.29) is 5.92 Å². The number of aliphatic carboxylic acids is 1. The smallest absolute Gasteiger partial charge is 0.306 e. The molecule has 17 heavy (non-hydrogen) atoms. The van der Waals surface area contributed by atoms with E-state index >= 15 is 0 Å². The highest BCUT2D eigenvalue weighted by Crippen LogP contribution is 2.34. The minimum absolute atomic E-state index is 0.173. The summed E-state index contributed by atoms with van der Waals surface area (Å²) in [6, 6.07) is 8.14. The van der Waals surface area contributed by atoms with Crippen LogP contribution in [0.5, 0.6) is 5.75 Å². The van der Waals surface area contributed by atoms with Crippen molar-refractivity contribution in [3.8, 4) is 5.75 Å². The highest BCUT2D eigenvalue weighted by Gasteiger charge is 2.36. The molecule has 0 saturated heterocycles. The molecule has 1 N–H and O–H groups in total. The molecule has 1 aliphatic carbocycles. The summed E-state index contributed by atoms with van der Waals surface area (Å²) in [5, 5.41) is 8.85. The number of benzene rings is 1. The number of hydrogen-bond donors (Lipinski definition) is 1. The van der Waals surface area contributed by atoms with E-state index in [0.29, 0.717) is 6.04 Å². The Morgan fingerprint density at radius 2 is 2.18 bits per heavy atom. The number of nitrogens with zero attached hydrogens (tertiary/aromatic N) is 1. The van der Waals surface area contributed by atoms with Crippen molar-refractivity contribution in [2.24, 2.45) is 5.92 Å². The van der Waals surface area contributed by atoms with Crippen LogP contribution in [-0.2, 0) is 4.79 Å². The number of anilines is 1. The van der Waals surface area contributed by atoms with Gasteiger partial charge >= 0.3 is 5.97 Å². The normalized spacial score (nSPS) is 22.7. The van der Waals surface area contributed by atoms with Crippen LogP contribution >= 0.6 is 0 Å². The predicted molar refractivity (Wildman–Crippen MR) is 65.5 cm³/mol. The van der Waals surface area contributed by atoms with Gasteiger partial charge in [-0.25, -0.2) is 0 Å². The summed E-state index contributed by atoms with van der Waals surface area (Å²) < 4.78 is 5.17. The molecule has 0 bridgehead atoms. The molecule has 1 fully saturated rings. The molecule has 0 unspecified atom stereocenters. The summed E-state index contributed by atoms with van der Waals surface area (Å²) in [5.74, 6) is -0.0307. The number of hydrogen-bond acceptors (Lipinski definition) is 3. The van der Waals surface area contributed by atoms with Crippen molar-refractivity contribution in [2.45, 2.75) is 18.9 Å². The van der Waals surface area contributed by atoms with Crippen molar-refractivity contribution < 1.29 is 14.6 Å². The molecule has 1 saturated carbocycles. The molecule has 0 heterocycles. The molecule has 2 rings (SSSR count). The first-order valence-corrected chi connectivity index (χ1v) is 5.71. The van der Waals surface area contributed by atoms with E-state index in [1.54, 1.807) is 7.11 Å². The minimum Gasteiger partial charge on any atom is -0.497 e. The molecule has 1 aromatic carbocycles. The zero-order valence-corrected chi connectivity index (χ0v) is 10.1. The lowest BCUT2D eigenvalue weighted by Gasteiger charge is -2.40.